The number of rotatable bonds is 4. The monoisotopic (exact) mass is 386 g/mol. The second-order valence-corrected chi connectivity index (χ2v) is 7.13. The van der Waals surface area contributed by atoms with Crippen LogP contribution in [0, 0.1) is 13.8 Å². The van der Waals surface area contributed by atoms with Gasteiger partial charge in [0.1, 0.15) is 17.9 Å². The van der Waals surface area contributed by atoms with E-state index >= 15 is 0 Å². The fourth-order valence-corrected chi connectivity index (χ4v) is 3.65. The molecule has 0 amide bonds. The summed E-state index contributed by atoms with van der Waals surface area (Å²) in [4.78, 5) is 4.47. The lowest BCUT2D eigenvalue weighted by atomic mass is 10.1. The average molecular weight is 387 g/mol. The maximum Gasteiger partial charge on any atom is 0.161 e. The van der Waals surface area contributed by atoms with Crippen LogP contribution in [-0.4, -0.2) is 21.7 Å². The molecule has 0 saturated heterocycles. The molecule has 0 spiro atoms. The van der Waals surface area contributed by atoms with Gasteiger partial charge in [-0.15, -0.1) is 0 Å². The van der Waals surface area contributed by atoms with Gasteiger partial charge in [0, 0.05) is 16.8 Å². The van der Waals surface area contributed by atoms with Crippen molar-refractivity contribution in [3.63, 3.8) is 0 Å². The molecule has 3 aromatic rings. The van der Waals surface area contributed by atoms with E-state index in [1.54, 1.807) is 13.4 Å². The highest BCUT2D eigenvalue weighted by atomic mass is 79.9. The molecule has 2 heterocycles. The number of methoxy groups -OCH3 is 1. The van der Waals surface area contributed by atoms with Crippen molar-refractivity contribution in [2.75, 3.05) is 12.4 Å². The van der Waals surface area contributed by atoms with E-state index in [0.717, 1.165) is 38.5 Å². The number of aromatic nitrogens is 3. The van der Waals surface area contributed by atoms with Crippen molar-refractivity contribution in [1.29, 1.82) is 0 Å². The number of aryl methyl sites for hydroxylation is 1. The van der Waals surface area contributed by atoms with E-state index in [4.69, 9.17) is 4.74 Å². The molecule has 6 heteroatoms. The molecular formula is C18H19BrN4O. The minimum atomic E-state index is 0.613. The molecule has 2 aromatic heterocycles. The maximum atomic E-state index is 5.45. The molecule has 0 bridgehead atoms. The zero-order chi connectivity index (χ0) is 16.8. The number of nitrogens with one attached hydrogen (secondary N) is 1. The predicted molar refractivity (Wildman–Crippen MR) is 98.4 cm³/mol. The van der Waals surface area contributed by atoms with Crippen LogP contribution in [0.15, 0.2) is 29.0 Å². The third-order valence-corrected chi connectivity index (χ3v) is 5.23. The fourth-order valence-electron chi connectivity index (χ4n) is 3.14. The van der Waals surface area contributed by atoms with Gasteiger partial charge in [-0.1, -0.05) is 6.07 Å². The van der Waals surface area contributed by atoms with Crippen molar-refractivity contribution in [2.45, 2.75) is 32.6 Å². The number of hydrogen-bond acceptors (Lipinski definition) is 4. The molecule has 0 aliphatic heterocycles. The van der Waals surface area contributed by atoms with Crippen LogP contribution in [0.4, 0.5) is 11.5 Å². The van der Waals surface area contributed by atoms with Crippen LogP contribution in [0.25, 0.3) is 5.65 Å². The van der Waals surface area contributed by atoms with Crippen molar-refractivity contribution in [3.8, 4) is 5.75 Å². The first-order chi connectivity index (χ1) is 11.6. The number of ether oxygens (including phenoxy) is 1. The van der Waals surface area contributed by atoms with Crippen molar-refractivity contribution < 1.29 is 4.74 Å². The van der Waals surface area contributed by atoms with Crippen LogP contribution in [0.2, 0.25) is 0 Å². The van der Waals surface area contributed by atoms with Crippen LogP contribution in [0.1, 0.15) is 35.4 Å². The van der Waals surface area contributed by atoms with Gasteiger partial charge in [0.2, 0.25) is 0 Å². The van der Waals surface area contributed by atoms with Crippen LogP contribution in [0.5, 0.6) is 5.75 Å². The Balaban J connectivity index is 1.85. The summed E-state index contributed by atoms with van der Waals surface area (Å²) in [5.41, 5.74) is 5.46. The molecule has 4 rings (SSSR count). The lowest BCUT2D eigenvalue weighted by Gasteiger charge is -2.18. The summed E-state index contributed by atoms with van der Waals surface area (Å²) in [6, 6.07) is 6.22. The zero-order valence-corrected chi connectivity index (χ0v) is 15.5. The van der Waals surface area contributed by atoms with Gasteiger partial charge in [0.15, 0.2) is 5.65 Å². The third-order valence-electron chi connectivity index (χ3n) is 4.63. The SMILES string of the molecule is COc1ccc(C)c(Nc2c(Br)cc(C3CC3)c3ncnn23)c1C. The molecule has 24 heavy (non-hydrogen) atoms. The van der Waals surface area contributed by atoms with Crippen molar-refractivity contribution in [2.24, 2.45) is 0 Å². The second-order valence-electron chi connectivity index (χ2n) is 6.28. The molecule has 5 nitrogen and oxygen atoms in total. The van der Waals surface area contributed by atoms with E-state index in [1.807, 2.05) is 10.6 Å². The number of nitrogens with zero attached hydrogens (tertiary/aromatic N) is 3. The zero-order valence-electron chi connectivity index (χ0n) is 13.9. The van der Waals surface area contributed by atoms with E-state index < -0.39 is 0 Å². The fraction of sp³-hybridized carbons (Fsp3) is 0.333. The van der Waals surface area contributed by atoms with Gasteiger partial charge in [-0.2, -0.15) is 9.61 Å². The highest BCUT2D eigenvalue weighted by Gasteiger charge is 2.28. The minimum absolute atomic E-state index is 0.613. The summed E-state index contributed by atoms with van der Waals surface area (Å²) in [6.07, 6.45) is 4.08. The normalized spacial score (nSPS) is 14.2. The van der Waals surface area contributed by atoms with Crippen molar-refractivity contribution in [3.05, 3.63) is 45.7 Å². The van der Waals surface area contributed by atoms with Gasteiger partial charge in [0.25, 0.3) is 0 Å². The minimum Gasteiger partial charge on any atom is -0.496 e. The van der Waals surface area contributed by atoms with Crippen LogP contribution in [-0.2, 0) is 0 Å². The van der Waals surface area contributed by atoms with Gasteiger partial charge in [-0.05, 0) is 66.2 Å². The number of halogens is 1. The number of fused-ring (bicyclic) bond motifs is 1. The van der Waals surface area contributed by atoms with Gasteiger partial charge in [-0.3, -0.25) is 0 Å². The molecule has 1 aliphatic carbocycles. The van der Waals surface area contributed by atoms with Crippen LogP contribution < -0.4 is 10.1 Å². The molecule has 0 radical (unpaired) electrons. The van der Waals surface area contributed by atoms with E-state index in [9.17, 15) is 0 Å². The predicted octanol–water partition coefficient (Wildman–Crippen LogP) is 4.74. The lowest BCUT2D eigenvalue weighted by Crippen LogP contribution is -2.06. The van der Waals surface area contributed by atoms with Gasteiger partial charge in [0.05, 0.1) is 11.6 Å². The van der Waals surface area contributed by atoms with Crippen LogP contribution >= 0.6 is 15.9 Å². The first-order valence-electron chi connectivity index (χ1n) is 8.03. The quantitative estimate of drug-likeness (QED) is 0.703. The van der Waals surface area contributed by atoms with Gasteiger partial charge in [-0.25, -0.2) is 4.98 Å². The Labute approximate surface area is 149 Å². The summed E-state index contributed by atoms with van der Waals surface area (Å²) in [5, 5.41) is 7.96. The summed E-state index contributed by atoms with van der Waals surface area (Å²) in [5.74, 6) is 2.36. The molecule has 1 N–H and O–H groups in total. The van der Waals surface area contributed by atoms with E-state index in [0.29, 0.717) is 5.92 Å². The molecule has 1 saturated carbocycles. The Morgan fingerprint density at radius 3 is 2.79 bits per heavy atom. The second kappa shape index (κ2) is 5.77. The summed E-state index contributed by atoms with van der Waals surface area (Å²) in [6.45, 7) is 4.14. The molecule has 1 fully saturated rings. The molecule has 124 valence electrons. The van der Waals surface area contributed by atoms with Gasteiger partial charge < -0.3 is 10.1 Å². The Bertz CT molecular complexity index is 930. The standard InChI is InChI=1S/C18H19BrN4O/c1-10-4-7-15(24-3)11(2)16(10)22-18-14(19)8-13(12-5-6-12)17-20-9-21-23(17)18/h4,7-9,12,22H,5-6H2,1-3H3. The summed E-state index contributed by atoms with van der Waals surface area (Å²) in [7, 11) is 1.69. The highest BCUT2D eigenvalue weighted by molar-refractivity contribution is 9.10. The Kier molecular flexibility index (Phi) is 3.72. The molecule has 1 aliphatic rings. The molecule has 1 aromatic carbocycles. The third kappa shape index (κ3) is 2.45. The van der Waals surface area contributed by atoms with E-state index in [1.165, 1.54) is 18.4 Å². The maximum absolute atomic E-state index is 5.45. The largest absolute Gasteiger partial charge is 0.496 e. The average Bonchev–Trinajstić information content (AvgIpc) is 3.29. The van der Waals surface area contributed by atoms with Crippen LogP contribution in [0.3, 0.4) is 0 Å². The number of pyridine rings is 1. The number of benzene rings is 1. The van der Waals surface area contributed by atoms with E-state index in [2.05, 4.69) is 57.3 Å². The van der Waals surface area contributed by atoms with Gasteiger partial charge >= 0.3 is 0 Å². The highest BCUT2D eigenvalue weighted by Crippen LogP contribution is 2.44. The Morgan fingerprint density at radius 1 is 1.29 bits per heavy atom. The first kappa shape index (κ1) is 15.4. The van der Waals surface area contributed by atoms with Crippen molar-refractivity contribution in [1.82, 2.24) is 14.6 Å². The Morgan fingerprint density at radius 2 is 2.08 bits per heavy atom. The summed E-state index contributed by atoms with van der Waals surface area (Å²) < 4.78 is 8.33. The Hall–Kier alpha value is -2.08. The number of hydrogen-bond donors (Lipinski definition) is 1. The topological polar surface area (TPSA) is 51.5 Å². The molecule has 0 atom stereocenters. The van der Waals surface area contributed by atoms with Crippen molar-refractivity contribution >= 4 is 33.1 Å². The first-order valence-corrected chi connectivity index (χ1v) is 8.82. The molecular weight excluding hydrogens is 368 g/mol. The smallest absolute Gasteiger partial charge is 0.161 e. The summed E-state index contributed by atoms with van der Waals surface area (Å²) >= 11 is 3.71. The number of anilines is 2. The molecule has 0 unspecified atom stereocenters. The lowest BCUT2D eigenvalue weighted by molar-refractivity contribution is 0.412. The van der Waals surface area contributed by atoms with E-state index in [-0.39, 0.29) is 0 Å².